The van der Waals surface area contributed by atoms with E-state index in [0.717, 1.165) is 5.56 Å². The molecule has 2 heterocycles. The smallest absolute Gasteiger partial charge is 0.255 e. The molecule has 0 radical (unpaired) electrons. The molecule has 0 unspecified atom stereocenters. The van der Waals surface area contributed by atoms with Crippen LogP contribution in [-0.2, 0) is 0 Å². The number of aromatic amines is 1. The molecule has 0 aliphatic rings. The minimum atomic E-state index is 0.203. The van der Waals surface area contributed by atoms with Crippen LogP contribution in [0.1, 0.15) is 25.3 Å². The van der Waals surface area contributed by atoms with Gasteiger partial charge in [-0.1, -0.05) is 13.8 Å². The first-order valence-electron chi connectivity index (χ1n) is 5.43. The third-order valence-corrected chi connectivity index (χ3v) is 2.28. The highest BCUT2D eigenvalue weighted by molar-refractivity contribution is 5.39. The van der Waals surface area contributed by atoms with Crippen LogP contribution in [0.25, 0.3) is 5.95 Å². The van der Waals surface area contributed by atoms with E-state index in [0.29, 0.717) is 11.8 Å². The van der Waals surface area contributed by atoms with E-state index < -0.39 is 0 Å². The molecule has 3 N–H and O–H groups in total. The SMILES string of the molecule is CC(C)c1cn[nH]cnc(-n2cncn2)nc1N. The van der Waals surface area contributed by atoms with Crippen LogP contribution in [0.3, 0.4) is 0 Å². The summed E-state index contributed by atoms with van der Waals surface area (Å²) >= 11 is 0. The van der Waals surface area contributed by atoms with Crippen LogP contribution in [0.5, 0.6) is 0 Å². The van der Waals surface area contributed by atoms with Gasteiger partial charge in [0, 0.05) is 5.56 Å². The molecular weight excluding hydrogens is 232 g/mol. The fraction of sp³-hybridized carbons (Fsp3) is 0.300. The van der Waals surface area contributed by atoms with Crippen molar-refractivity contribution < 1.29 is 0 Å². The quantitative estimate of drug-likeness (QED) is 0.803. The summed E-state index contributed by atoms with van der Waals surface area (Å²) in [4.78, 5) is 12.2. The van der Waals surface area contributed by atoms with Crippen LogP contribution in [0, 0.1) is 0 Å². The summed E-state index contributed by atoms with van der Waals surface area (Å²) in [7, 11) is 0. The van der Waals surface area contributed by atoms with Crippen molar-refractivity contribution in [2.45, 2.75) is 19.8 Å². The molecule has 0 fully saturated rings. The van der Waals surface area contributed by atoms with Gasteiger partial charge in [0.05, 0.1) is 6.20 Å². The van der Waals surface area contributed by atoms with E-state index in [2.05, 4.69) is 30.2 Å². The zero-order valence-electron chi connectivity index (χ0n) is 10.1. The van der Waals surface area contributed by atoms with Crippen molar-refractivity contribution in [2.24, 2.45) is 0 Å². The van der Waals surface area contributed by atoms with Gasteiger partial charge < -0.3 is 5.73 Å². The molecule has 8 nitrogen and oxygen atoms in total. The molecule has 2 rings (SSSR count). The lowest BCUT2D eigenvalue weighted by molar-refractivity contribution is 0.805. The zero-order valence-corrected chi connectivity index (χ0v) is 10.1. The Balaban J connectivity index is 2.64. The Morgan fingerprint density at radius 2 is 2.22 bits per heavy atom. The summed E-state index contributed by atoms with van der Waals surface area (Å²) in [5, 5.41) is 10.6. The summed E-state index contributed by atoms with van der Waals surface area (Å²) in [6, 6.07) is 0. The molecule has 0 atom stereocenters. The van der Waals surface area contributed by atoms with Crippen molar-refractivity contribution in [2.75, 3.05) is 5.73 Å². The van der Waals surface area contributed by atoms with Crippen LogP contribution in [0.15, 0.2) is 25.2 Å². The fourth-order valence-electron chi connectivity index (χ4n) is 1.36. The standard InChI is InChI=1S/C10H14N8/c1-7(2)8-3-14-15-5-13-10(17-9(8)11)18-6-12-4-16-18/h3-7H,11H2,1-2H3,(H,13,15,17). The van der Waals surface area contributed by atoms with Crippen molar-refractivity contribution in [3.63, 3.8) is 0 Å². The average molecular weight is 246 g/mol. The van der Waals surface area contributed by atoms with Gasteiger partial charge in [0.25, 0.3) is 5.95 Å². The summed E-state index contributed by atoms with van der Waals surface area (Å²) in [5.74, 6) is 0.885. The minimum Gasteiger partial charge on any atom is -0.383 e. The Kier molecular flexibility index (Phi) is 3.46. The number of hydrogen-bond acceptors (Lipinski definition) is 6. The van der Waals surface area contributed by atoms with E-state index in [1.165, 1.54) is 23.7 Å². The van der Waals surface area contributed by atoms with Gasteiger partial charge in [-0.2, -0.15) is 19.9 Å². The molecule has 0 saturated carbocycles. The Morgan fingerprint density at radius 1 is 1.39 bits per heavy atom. The number of nitrogen functional groups attached to an aromatic ring is 1. The van der Waals surface area contributed by atoms with Gasteiger partial charge in [-0.15, -0.1) is 0 Å². The Morgan fingerprint density at radius 3 is 2.89 bits per heavy atom. The van der Waals surface area contributed by atoms with Crippen molar-refractivity contribution in [1.29, 1.82) is 0 Å². The Bertz CT molecular complexity index is 555. The predicted octanol–water partition coefficient (Wildman–Crippen LogP) is 0.610. The zero-order chi connectivity index (χ0) is 13.0. The van der Waals surface area contributed by atoms with E-state index >= 15 is 0 Å². The van der Waals surface area contributed by atoms with Crippen LogP contribution >= 0.6 is 0 Å². The molecular formula is C10H14N8. The number of nitrogens with one attached hydrogen (secondary N) is 1. The number of aromatic nitrogens is 7. The largest absolute Gasteiger partial charge is 0.383 e. The molecule has 18 heavy (non-hydrogen) atoms. The Hall–Kier alpha value is -2.51. The highest BCUT2D eigenvalue weighted by atomic mass is 15.4. The predicted molar refractivity (Wildman–Crippen MR) is 65.2 cm³/mol. The van der Waals surface area contributed by atoms with E-state index in [1.807, 2.05) is 13.8 Å². The first kappa shape index (κ1) is 12.0. The summed E-state index contributed by atoms with van der Waals surface area (Å²) < 4.78 is 1.42. The maximum atomic E-state index is 5.95. The number of rotatable bonds is 2. The number of nitrogens with two attached hydrogens (primary N) is 1. The molecule has 0 bridgehead atoms. The van der Waals surface area contributed by atoms with Crippen molar-refractivity contribution in [1.82, 2.24) is 34.9 Å². The van der Waals surface area contributed by atoms with E-state index in [9.17, 15) is 0 Å². The summed E-state index contributed by atoms with van der Waals surface area (Å²) in [6.45, 7) is 4.02. The van der Waals surface area contributed by atoms with Gasteiger partial charge in [0.2, 0.25) is 0 Å². The first-order chi connectivity index (χ1) is 8.68. The lowest BCUT2D eigenvalue weighted by Gasteiger charge is -2.04. The molecule has 2 aromatic heterocycles. The minimum absolute atomic E-state index is 0.203. The van der Waals surface area contributed by atoms with Crippen LogP contribution in [0.2, 0.25) is 0 Å². The van der Waals surface area contributed by atoms with Crippen molar-refractivity contribution >= 4 is 5.82 Å². The number of hydrogen-bond donors (Lipinski definition) is 2. The lowest BCUT2D eigenvalue weighted by atomic mass is 10.1. The van der Waals surface area contributed by atoms with Gasteiger partial charge in [0.15, 0.2) is 0 Å². The van der Waals surface area contributed by atoms with Gasteiger partial charge >= 0.3 is 0 Å². The van der Waals surface area contributed by atoms with Crippen LogP contribution in [-0.4, -0.2) is 34.9 Å². The molecule has 0 amide bonds. The fourth-order valence-corrected chi connectivity index (χ4v) is 1.36. The third kappa shape index (κ3) is 2.59. The van der Waals surface area contributed by atoms with Gasteiger partial charge in [-0.05, 0) is 5.92 Å². The molecule has 0 aliphatic carbocycles. The van der Waals surface area contributed by atoms with Crippen molar-refractivity contribution in [3.05, 3.63) is 30.7 Å². The van der Waals surface area contributed by atoms with E-state index in [1.54, 1.807) is 6.20 Å². The summed E-state index contributed by atoms with van der Waals surface area (Å²) in [6.07, 6.45) is 5.95. The summed E-state index contributed by atoms with van der Waals surface area (Å²) in [5.41, 5.74) is 6.78. The van der Waals surface area contributed by atoms with Crippen LogP contribution < -0.4 is 5.73 Å². The van der Waals surface area contributed by atoms with E-state index in [-0.39, 0.29) is 5.92 Å². The van der Waals surface area contributed by atoms with Gasteiger partial charge in [0.1, 0.15) is 24.8 Å². The highest BCUT2D eigenvalue weighted by Crippen LogP contribution is 2.16. The maximum absolute atomic E-state index is 5.95. The number of nitrogens with zero attached hydrogens (tertiary/aromatic N) is 6. The van der Waals surface area contributed by atoms with Crippen molar-refractivity contribution in [3.8, 4) is 5.95 Å². The second-order valence-corrected chi connectivity index (χ2v) is 3.89. The number of H-pyrrole nitrogens is 1. The van der Waals surface area contributed by atoms with Gasteiger partial charge in [-0.3, -0.25) is 5.10 Å². The van der Waals surface area contributed by atoms with E-state index in [4.69, 9.17) is 5.73 Å². The molecule has 8 heteroatoms. The number of anilines is 1. The second-order valence-electron chi connectivity index (χ2n) is 3.89. The molecule has 2 aromatic rings. The normalized spacial score (nSPS) is 10.4. The topological polar surface area (TPSA) is 111 Å². The Labute approximate surface area is 104 Å². The second kappa shape index (κ2) is 5.21. The first-order valence-corrected chi connectivity index (χ1v) is 5.43. The molecule has 94 valence electrons. The molecule has 0 spiro atoms. The maximum Gasteiger partial charge on any atom is 0.255 e. The molecule has 0 aliphatic heterocycles. The molecule has 0 aromatic carbocycles. The van der Waals surface area contributed by atoms with Crippen LogP contribution in [0.4, 0.5) is 5.82 Å². The monoisotopic (exact) mass is 246 g/mol. The lowest BCUT2D eigenvalue weighted by Crippen LogP contribution is -2.03. The van der Waals surface area contributed by atoms with Gasteiger partial charge in [-0.25, -0.2) is 9.97 Å². The third-order valence-electron chi connectivity index (χ3n) is 2.28. The molecule has 0 saturated heterocycles. The average Bonchev–Trinajstić information content (AvgIpc) is 2.85. The highest BCUT2D eigenvalue weighted by Gasteiger charge is 2.05.